The maximum Gasteiger partial charge on any atom is 0.410 e. The van der Waals surface area contributed by atoms with Crippen molar-refractivity contribution in [1.82, 2.24) is 15.1 Å². The van der Waals surface area contributed by atoms with Crippen LogP contribution >= 0.6 is 0 Å². The van der Waals surface area contributed by atoms with Gasteiger partial charge in [0.05, 0.1) is 12.2 Å². The van der Waals surface area contributed by atoms with Crippen molar-refractivity contribution in [3.8, 4) is 5.88 Å². The van der Waals surface area contributed by atoms with Crippen LogP contribution in [0.5, 0.6) is 5.88 Å². The zero-order valence-corrected chi connectivity index (χ0v) is 13.1. The number of piperidine rings is 1. The number of nitrogens with zero attached hydrogens (tertiary/aromatic N) is 3. The average Bonchev–Trinajstić information content (AvgIpc) is 2.40. The lowest BCUT2D eigenvalue weighted by Gasteiger charge is -2.33. The summed E-state index contributed by atoms with van der Waals surface area (Å²) in [5.41, 5.74) is 0.370. The van der Waals surface area contributed by atoms with E-state index in [9.17, 15) is 4.79 Å². The zero-order valence-electron chi connectivity index (χ0n) is 13.1. The van der Waals surface area contributed by atoms with E-state index in [-0.39, 0.29) is 12.2 Å². The standard InChI is InChI=1S/C15H23N3O3/c1-11-7-8-13(17-16-11)20-12-6-5-9-18(10-12)14(19)21-15(2,3)4/h7-8,12H,5-6,9-10H2,1-4H3/t12-/m0/s1. The lowest BCUT2D eigenvalue weighted by atomic mass is 10.1. The molecule has 1 aliphatic rings. The predicted octanol–water partition coefficient (Wildman–Crippen LogP) is 2.56. The number of aryl methyl sites for hydroxylation is 1. The van der Waals surface area contributed by atoms with Gasteiger partial charge in [-0.15, -0.1) is 5.10 Å². The Morgan fingerprint density at radius 1 is 1.33 bits per heavy atom. The van der Waals surface area contributed by atoms with Crippen LogP contribution < -0.4 is 4.74 Å². The van der Waals surface area contributed by atoms with Crippen LogP contribution in [0.25, 0.3) is 0 Å². The lowest BCUT2D eigenvalue weighted by molar-refractivity contribution is 0.00711. The highest BCUT2D eigenvalue weighted by atomic mass is 16.6. The topological polar surface area (TPSA) is 64.5 Å². The third kappa shape index (κ3) is 4.88. The summed E-state index contributed by atoms with van der Waals surface area (Å²) in [5, 5.41) is 7.96. The van der Waals surface area contributed by atoms with E-state index in [2.05, 4.69) is 10.2 Å². The Morgan fingerprint density at radius 2 is 2.10 bits per heavy atom. The van der Waals surface area contributed by atoms with Gasteiger partial charge in [-0.2, -0.15) is 5.10 Å². The summed E-state index contributed by atoms with van der Waals surface area (Å²) in [7, 11) is 0. The largest absolute Gasteiger partial charge is 0.471 e. The van der Waals surface area contributed by atoms with Crippen LogP contribution in [-0.4, -0.2) is 46.0 Å². The van der Waals surface area contributed by atoms with Crippen molar-refractivity contribution in [2.45, 2.75) is 52.2 Å². The number of likely N-dealkylation sites (tertiary alicyclic amines) is 1. The fourth-order valence-electron chi connectivity index (χ4n) is 2.15. The molecule has 0 radical (unpaired) electrons. The minimum absolute atomic E-state index is 0.0664. The Morgan fingerprint density at radius 3 is 2.71 bits per heavy atom. The molecule has 0 N–H and O–H groups in total. The first-order valence-corrected chi connectivity index (χ1v) is 7.28. The van der Waals surface area contributed by atoms with Crippen molar-refractivity contribution in [1.29, 1.82) is 0 Å². The minimum Gasteiger partial charge on any atom is -0.471 e. The number of hydrogen-bond acceptors (Lipinski definition) is 5. The molecule has 1 aliphatic heterocycles. The van der Waals surface area contributed by atoms with E-state index >= 15 is 0 Å². The molecule has 0 spiro atoms. The molecule has 6 nitrogen and oxygen atoms in total. The Balaban J connectivity index is 1.91. The number of carbonyl (C=O) groups is 1. The first-order chi connectivity index (χ1) is 9.83. The lowest BCUT2D eigenvalue weighted by Crippen LogP contribution is -2.46. The summed E-state index contributed by atoms with van der Waals surface area (Å²) in [5.74, 6) is 0.497. The third-order valence-electron chi connectivity index (χ3n) is 3.09. The molecule has 21 heavy (non-hydrogen) atoms. The molecule has 116 valence electrons. The van der Waals surface area contributed by atoms with Gasteiger partial charge < -0.3 is 14.4 Å². The molecule has 1 fully saturated rings. The van der Waals surface area contributed by atoms with Crippen molar-refractivity contribution in [2.75, 3.05) is 13.1 Å². The summed E-state index contributed by atoms with van der Waals surface area (Å²) in [6.07, 6.45) is 1.44. The Kier molecular flexibility index (Phi) is 4.65. The molecule has 6 heteroatoms. The molecular formula is C15H23N3O3. The second-order valence-electron chi connectivity index (χ2n) is 6.32. The molecule has 0 aromatic carbocycles. The van der Waals surface area contributed by atoms with Gasteiger partial charge >= 0.3 is 6.09 Å². The van der Waals surface area contributed by atoms with E-state index in [1.807, 2.05) is 33.8 Å². The highest BCUT2D eigenvalue weighted by Gasteiger charge is 2.28. The number of carbonyl (C=O) groups excluding carboxylic acids is 1. The van der Waals surface area contributed by atoms with Crippen molar-refractivity contribution in [3.63, 3.8) is 0 Å². The van der Waals surface area contributed by atoms with Crippen LogP contribution in [0.1, 0.15) is 39.3 Å². The van der Waals surface area contributed by atoms with E-state index < -0.39 is 5.60 Å². The van der Waals surface area contributed by atoms with Crippen LogP contribution in [0.2, 0.25) is 0 Å². The molecule has 0 bridgehead atoms. The normalized spacial score (nSPS) is 19.2. The van der Waals surface area contributed by atoms with Crippen LogP contribution in [0.4, 0.5) is 4.79 Å². The smallest absolute Gasteiger partial charge is 0.410 e. The highest BCUT2D eigenvalue weighted by Crippen LogP contribution is 2.18. The maximum absolute atomic E-state index is 12.1. The second kappa shape index (κ2) is 6.28. The Bertz CT molecular complexity index is 482. The fraction of sp³-hybridized carbons (Fsp3) is 0.667. The summed E-state index contributed by atoms with van der Waals surface area (Å²) in [6, 6.07) is 3.66. The number of amides is 1. The van der Waals surface area contributed by atoms with Gasteiger partial charge in [-0.1, -0.05) is 0 Å². The Labute approximate surface area is 125 Å². The van der Waals surface area contributed by atoms with Gasteiger partial charge in [0.2, 0.25) is 5.88 Å². The van der Waals surface area contributed by atoms with Gasteiger partial charge in [-0.25, -0.2) is 4.79 Å². The molecule has 1 saturated heterocycles. The fourth-order valence-corrected chi connectivity index (χ4v) is 2.15. The van der Waals surface area contributed by atoms with Crippen LogP contribution in [0, 0.1) is 6.92 Å². The summed E-state index contributed by atoms with van der Waals surface area (Å²) in [6.45, 7) is 8.70. The van der Waals surface area contributed by atoms with Gasteiger partial charge in [0, 0.05) is 12.6 Å². The Hall–Kier alpha value is -1.85. The van der Waals surface area contributed by atoms with Crippen molar-refractivity contribution in [3.05, 3.63) is 17.8 Å². The van der Waals surface area contributed by atoms with E-state index in [1.54, 1.807) is 11.0 Å². The van der Waals surface area contributed by atoms with Gasteiger partial charge in [-0.05, 0) is 46.6 Å². The summed E-state index contributed by atoms with van der Waals surface area (Å²) >= 11 is 0. The quantitative estimate of drug-likeness (QED) is 0.838. The predicted molar refractivity (Wildman–Crippen MR) is 78.2 cm³/mol. The van der Waals surface area contributed by atoms with Gasteiger partial charge in [-0.3, -0.25) is 0 Å². The number of aromatic nitrogens is 2. The average molecular weight is 293 g/mol. The van der Waals surface area contributed by atoms with E-state index in [4.69, 9.17) is 9.47 Å². The zero-order chi connectivity index (χ0) is 15.5. The number of rotatable bonds is 2. The number of hydrogen-bond donors (Lipinski definition) is 0. The molecular weight excluding hydrogens is 270 g/mol. The molecule has 0 unspecified atom stereocenters. The molecule has 2 heterocycles. The third-order valence-corrected chi connectivity index (χ3v) is 3.09. The second-order valence-corrected chi connectivity index (χ2v) is 6.32. The minimum atomic E-state index is -0.479. The molecule has 0 saturated carbocycles. The maximum atomic E-state index is 12.1. The van der Waals surface area contributed by atoms with Crippen molar-refractivity contribution in [2.24, 2.45) is 0 Å². The molecule has 1 atom stereocenters. The summed E-state index contributed by atoms with van der Waals surface area (Å²) < 4.78 is 11.2. The monoisotopic (exact) mass is 293 g/mol. The molecule has 1 aromatic rings. The molecule has 1 aromatic heterocycles. The van der Waals surface area contributed by atoms with Crippen LogP contribution in [0.15, 0.2) is 12.1 Å². The van der Waals surface area contributed by atoms with Gasteiger partial charge in [0.15, 0.2) is 0 Å². The summed E-state index contributed by atoms with van der Waals surface area (Å²) in [4.78, 5) is 13.8. The van der Waals surface area contributed by atoms with Crippen molar-refractivity contribution >= 4 is 6.09 Å². The van der Waals surface area contributed by atoms with Crippen molar-refractivity contribution < 1.29 is 14.3 Å². The molecule has 0 aliphatic carbocycles. The van der Waals surface area contributed by atoms with Gasteiger partial charge in [0.1, 0.15) is 11.7 Å². The van der Waals surface area contributed by atoms with E-state index in [0.717, 1.165) is 18.5 Å². The van der Waals surface area contributed by atoms with Crippen LogP contribution in [0.3, 0.4) is 0 Å². The van der Waals surface area contributed by atoms with E-state index in [1.165, 1.54) is 0 Å². The first-order valence-electron chi connectivity index (χ1n) is 7.28. The first kappa shape index (κ1) is 15.5. The molecule has 1 amide bonds. The highest BCUT2D eigenvalue weighted by molar-refractivity contribution is 5.68. The SMILES string of the molecule is Cc1ccc(O[C@H]2CCCN(C(=O)OC(C)(C)C)C2)nn1. The number of ether oxygens (including phenoxy) is 2. The van der Waals surface area contributed by atoms with Crippen LogP contribution in [-0.2, 0) is 4.74 Å². The molecule has 2 rings (SSSR count). The van der Waals surface area contributed by atoms with Gasteiger partial charge in [0.25, 0.3) is 0 Å². The van der Waals surface area contributed by atoms with E-state index in [0.29, 0.717) is 19.0 Å².